The van der Waals surface area contributed by atoms with Crippen LogP contribution in [0.3, 0.4) is 0 Å². The number of rotatable bonds is 2. The molecule has 1 aromatic rings. The fourth-order valence-electron chi connectivity index (χ4n) is 1.07. The molecule has 2 rings (SSSR count). The highest BCUT2D eigenvalue weighted by atomic mass is 15.1. The van der Waals surface area contributed by atoms with Gasteiger partial charge in [0.05, 0.1) is 11.7 Å². The molecule has 58 valence electrons. The van der Waals surface area contributed by atoms with Gasteiger partial charge in [0.25, 0.3) is 0 Å². The van der Waals surface area contributed by atoms with Crippen molar-refractivity contribution < 1.29 is 0 Å². The number of hydrogen-bond donors (Lipinski definition) is 2. The van der Waals surface area contributed by atoms with Crippen LogP contribution in [0.2, 0.25) is 0 Å². The van der Waals surface area contributed by atoms with Crippen LogP contribution in [0.25, 0.3) is 0 Å². The molecule has 0 saturated carbocycles. The van der Waals surface area contributed by atoms with Crippen molar-refractivity contribution >= 4 is 5.69 Å². The molecule has 11 heavy (non-hydrogen) atoms. The van der Waals surface area contributed by atoms with Crippen LogP contribution >= 0.6 is 0 Å². The second-order valence-corrected chi connectivity index (χ2v) is 2.74. The van der Waals surface area contributed by atoms with Crippen LogP contribution in [0.15, 0.2) is 24.5 Å². The normalized spacial score (nSPS) is 17.5. The van der Waals surface area contributed by atoms with Crippen molar-refractivity contribution in [3.05, 3.63) is 24.5 Å². The molecule has 1 fully saturated rings. The smallest absolute Gasteiger partial charge is 0.0529 e. The molecule has 0 aromatic carbocycles. The van der Waals surface area contributed by atoms with E-state index in [0.29, 0.717) is 6.04 Å². The SMILES string of the molecule is c1cncc(NC2CNC2)c1. The van der Waals surface area contributed by atoms with Gasteiger partial charge in [-0.15, -0.1) is 0 Å². The van der Waals surface area contributed by atoms with E-state index in [0.717, 1.165) is 18.8 Å². The first-order chi connectivity index (χ1) is 5.45. The van der Waals surface area contributed by atoms with Gasteiger partial charge in [0, 0.05) is 25.5 Å². The van der Waals surface area contributed by atoms with Gasteiger partial charge in [0.1, 0.15) is 0 Å². The second kappa shape index (κ2) is 2.88. The molecule has 1 aliphatic heterocycles. The zero-order valence-electron chi connectivity index (χ0n) is 6.25. The molecule has 1 aliphatic rings. The average molecular weight is 149 g/mol. The topological polar surface area (TPSA) is 37.0 Å². The number of hydrogen-bond acceptors (Lipinski definition) is 3. The molecule has 0 amide bonds. The fourth-order valence-corrected chi connectivity index (χ4v) is 1.07. The van der Waals surface area contributed by atoms with Crippen molar-refractivity contribution in [1.82, 2.24) is 10.3 Å². The van der Waals surface area contributed by atoms with E-state index in [9.17, 15) is 0 Å². The molecule has 0 radical (unpaired) electrons. The fraction of sp³-hybridized carbons (Fsp3) is 0.375. The van der Waals surface area contributed by atoms with E-state index >= 15 is 0 Å². The monoisotopic (exact) mass is 149 g/mol. The second-order valence-electron chi connectivity index (χ2n) is 2.74. The van der Waals surface area contributed by atoms with Gasteiger partial charge in [-0.1, -0.05) is 0 Å². The van der Waals surface area contributed by atoms with E-state index in [2.05, 4.69) is 15.6 Å². The third-order valence-electron chi connectivity index (χ3n) is 1.81. The first-order valence-corrected chi connectivity index (χ1v) is 3.82. The van der Waals surface area contributed by atoms with Gasteiger partial charge in [0.15, 0.2) is 0 Å². The van der Waals surface area contributed by atoms with E-state index in [1.54, 1.807) is 6.20 Å². The average Bonchev–Trinajstić information content (AvgIpc) is 1.99. The van der Waals surface area contributed by atoms with Crippen LogP contribution in [-0.2, 0) is 0 Å². The Balaban J connectivity index is 1.95. The number of nitrogens with one attached hydrogen (secondary N) is 2. The van der Waals surface area contributed by atoms with Crippen molar-refractivity contribution in [1.29, 1.82) is 0 Å². The van der Waals surface area contributed by atoms with Gasteiger partial charge in [-0.05, 0) is 12.1 Å². The van der Waals surface area contributed by atoms with Crippen LogP contribution in [0.1, 0.15) is 0 Å². The van der Waals surface area contributed by atoms with Crippen LogP contribution in [0.4, 0.5) is 5.69 Å². The molecule has 0 bridgehead atoms. The summed E-state index contributed by atoms with van der Waals surface area (Å²) < 4.78 is 0. The van der Waals surface area contributed by atoms with Gasteiger partial charge in [-0.2, -0.15) is 0 Å². The molecule has 3 heteroatoms. The van der Waals surface area contributed by atoms with E-state index in [1.807, 2.05) is 18.3 Å². The van der Waals surface area contributed by atoms with E-state index < -0.39 is 0 Å². The Morgan fingerprint density at radius 2 is 2.45 bits per heavy atom. The maximum absolute atomic E-state index is 4.01. The van der Waals surface area contributed by atoms with Gasteiger partial charge in [-0.3, -0.25) is 4.98 Å². The number of aromatic nitrogens is 1. The standard InChI is InChI=1S/C8H11N3/c1-2-7(4-9-3-1)11-8-5-10-6-8/h1-4,8,10-11H,5-6H2. The summed E-state index contributed by atoms with van der Waals surface area (Å²) in [7, 11) is 0. The van der Waals surface area contributed by atoms with Gasteiger partial charge < -0.3 is 10.6 Å². The molecular weight excluding hydrogens is 138 g/mol. The lowest BCUT2D eigenvalue weighted by Crippen LogP contribution is -2.51. The Morgan fingerprint density at radius 3 is 3.00 bits per heavy atom. The lowest BCUT2D eigenvalue weighted by atomic mass is 10.2. The number of nitrogens with zero attached hydrogens (tertiary/aromatic N) is 1. The minimum absolute atomic E-state index is 0.596. The highest BCUT2D eigenvalue weighted by Crippen LogP contribution is 2.06. The first kappa shape index (κ1) is 6.61. The molecule has 0 unspecified atom stereocenters. The third kappa shape index (κ3) is 1.49. The molecule has 0 spiro atoms. The van der Waals surface area contributed by atoms with Gasteiger partial charge >= 0.3 is 0 Å². The minimum atomic E-state index is 0.596. The number of anilines is 1. The highest BCUT2D eigenvalue weighted by Gasteiger charge is 2.15. The molecule has 2 heterocycles. The van der Waals surface area contributed by atoms with Gasteiger partial charge in [0.2, 0.25) is 0 Å². The Bertz CT molecular complexity index is 218. The Morgan fingerprint density at radius 1 is 1.55 bits per heavy atom. The highest BCUT2D eigenvalue weighted by molar-refractivity contribution is 5.41. The lowest BCUT2D eigenvalue weighted by Gasteiger charge is -2.28. The van der Waals surface area contributed by atoms with Crippen molar-refractivity contribution in [3.63, 3.8) is 0 Å². The van der Waals surface area contributed by atoms with Gasteiger partial charge in [-0.25, -0.2) is 0 Å². The summed E-state index contributed by atoms with van der Waals surface area (Å²) in [6.45, 7) is 2.13. The minimum Gasteiger partial charge on any atom is -0.379 e. The third-order valence-corrected chi connectivity index (χ3v) is 1.81. The van der Waals surface area contributed by atoms with Crippen LogP contribution in [-0.4, -0.2) is 24.1 Å². The van der Waals surface area contributed by atoms with Crippen molar-refractivity contribution in [2.45, 2.75) is 6.04 Å². The maximum Gasteiger partial charge on any atom is 0.0529 e. The first-order valence-electron chi connectivity index (χ1n) is 3.82. The summed E-state index contributed by atoms with van der Waals surface area (Å²) in [5.74, 6) is 0. The summed E-state index contributed by atoms with van der Waals surface area (Å²) in [4.78, 5) is 4.01. The van der Waals surface area contributed by atoms with Crippen molar-refractivity contribution in [2.24, 2.45) is 0 Å². The molecule has 0 atom stereocenters. The molecular formula is C8H11N3. The maximum atomic E-state index is 4.01. The largest absolute Gasteiger partial charge is 0.379 e. The Hall–Kier alpha value is -1.09. The van der Waals surface area contributed by atoms with E-state index in [1.165, 1.54) is 0 Å². The number of pyridine rings is 1. The summed E-state index contributed by atoms with van der Waals surface area (Å²) in [6, 6.07) is 4.57. The predicted molar refractivity (Wildman–Crippen MR) is 44.5 cm³/mol. The van der Waals surface area contributed by atoms with Crippen molar-refractivity contribution in [3.8, 4) is 0 Å². The molecule has 1 saturated heterocycles. The van der Waals surface area contributed by atoms with Crippen molar-refractivity contribution in [2.75, 3.05) is 18.4 Å². The summed E-state index contributed by atoms with van der Waals surface area (Å²) in [5, 5.41) is 6.55. The molecule has 0 aliphatic carbocycles. The van der Waals surface area contributed by atoms with Crippen LogP contribution in [0.5, 0.6) is 0 Å². The Kier molecular flexibility index (Phi) is 1.73. The lowest BCUT2D eigenvalue weighted by molar-refractivity contribution is 0.472. The summed E-state index contributed by atoms with van der Waals surface area (Å²) in [5.41, 5.74) is 1.11. The zero-order valence-corrected chi connectivity index (χ0v) is 6.25. The molecule has 1 aromatic heterocycles. The predicted octanol–water partition coefficient (Wildman–Crippen LogP) is 0.465. The van der Waals surface area contributed by atoms with E-state index in [4.69, 9.17) is 0 Å². The molecule has 3 nitrogen and oxygen atoms in total. The quantitative estimate of drug-likeness (QED) is 0.641. The van der Waals surface area contributed by atoms with Crippen LogP contribution < -0.4 is 10.6 Å². The zero-order chi connectivity index (χ0) is 7.52. The Labute approximate surface area is 65.8 Å². The summed E-state index contributed by atoms with van der Waals surface area (Å²) in [6.07, 6.45) is 3.63. The van der Waals surface area contributed by atoms with E-state index in [-0.39, 0.29) is 0 Å². The summed E-state index contributed by atoms with van der Waals surface area (Å²) >= 11 is 0. The van der Waals surface area contributed by atoms with Crippen LogP contribution in [0, 0.1) is 0 Å². The molecule has 2 N–H and O–H groups in total.